The van der Waals surface area contributed by atoms with Crippen LogP contribution in [0.4, 0.5) is 4.79 Å². The topological polar surface area (TPSA) is 52.6 Å². The van der Waals surface area contributed by atoms with Gasteiger partial charge in [0.15, 0.2) is 0 Å². The molecule has 5 nitrogen and oxygen atoms in total. The van der Waals surface area contributed by atoms with Crippen LogP contribution in [-0.2, 0) is 11.3 Å². The highest BCUT2D eigenvalue weighted by atomic mass is 16.2. The number of rotatable bonds is 5. The Kier molecular flexibility index (Phi) is 5.61. The van der Waals surface area contributed by atoms with Crippen molar-refractivity contribution >= 4 is 11.9 Å². The normalized spacial score (nSPS) is 23.8. The van der Waals surface area contributed by atoms with Crippen molar-refractivity contribution in [2.45, 2.75) is 52.1 Å². The second-order valence-electron chi connectivity index (χ2n) is 7.55. The largest absolute Gasteiger partial charge is 0.352 e. The Morgan fingerprint density at radius 3 is 2.52 bits per heavy atom. The molecule has 2 fully saturated rings. The lowest BCUT2D eigenvalue weighted by molar-refractivity contribution is -0.122. The van der Waals surface area contributed by atoms with Gasteiger partial charge in [0.25, 0.3) is 0 Å². The smallest absolute Gasteiger partial charge is 0.320 e. The molecule has 1 saturated heterocycles. The Bertz CT molecular complexity index is 614. The molecule has 2 atom stereocenters. The lowest BCUT2D eigenvalue weighted by Crippen LogP contribution is -2.46. The molecule has 136 valence electrons. The van der Waals surface area contributed by atoms with Crippen LogP contribution in [0, 0.1) is 12.8 Å². The second kappa shape index (κ2) is 7.89. The van der Waals surface area contributed by atoms with Crippen LogP contribution < -0.4 is 5.32 Å². The van der Waals surface area contributed by atoms with Gasteiger partial charge in [-0.15, -0.1) is 0 Å². The number of carbonyl (C=O) groups excluding carboxylic acids is 2. The second-order valence-corrected chi connectivity index (χ2v) is 7.55. The zero-order valence-electron chi connectivity index (χ0n) is 15.3. The van der Waals surface area contributed by atoms with Crippen molar-refractivity contribution in [1.29, 1.82) is 0 Å². The van der Waals surface area contributed by atoms with E-state index < -0.39 is 0 Å². The molecule has 0 bridgehead atoms. The van der Waals surface area contributed by atoms with E-state index in [0.29, 0.717) is 25.6 Å². The summed E-state index contributed by atoms with van der Waals surface area (Å²) in [5.74, 6) is 0.509. The summed E-state index contributed by atoms with van der Waals surface area (Å²) in [5, 5.41) is 3.14. The Morgan fingerprint density at radius 2 is 1.80 bits per heavy atom. The molecule has 25 heavy (non-hydrogen) atoms. The first kappa shape index (κ1) is 17.8. The van der Waals surface area contributed by atoms with Crippen LogP contribution in [0.5, 0.6) is 0 Å². The van der Waals surface area contributed by atoms with E-state index in [9.17, 15) is 9.59 Å². The summed E-state index contributed by atoms with van der Waals surface area (Å²) >= 11 is 0. The van der Waals surface area contributed by atoms with Gasteiger partial charge >= 0.3 is 6.03 Å². The molecule has 0 spiro atoms. The van der Waals surface area contributed by atoms with Gasteiger partial charge in [-0.3, -0.25) is 4.79 Å². The van der Waals surface area contributed by atoms with E-state index in [4.69, 9.17) is 0 Å². The molecule has 1 heterocycles. The molecule has 0 radical (unpaired) electrons. The van der Waals surface area contributed by atoms with Crippen molar-refractivity contribution < 1.29 is 9.59 Å². The first-order valence-corrected chi connectivity index (χ1v) is 9.41. The molecule has 1 aromatic rings. The maximum Gasteiger partial charge on any atom is 0.320 e. The molecule has 1 aliphatic heterocycles. The van der Waals surface area contributed by atoms with E-state index in [2.05, 4.69) is 43.4 Å². The van der Waals surface area contributed by atoms with E-state index in [1.54, 1.807) is 4.90 Å². The maximum absolute atomic E-state index is 12.5. The Balaban J connectivity index is 1.49. The molecular weight excluding hydrogens is 314 g/mol. The van der Waals surface area contributed by atoms with Crippen LogP contribution >= 0.6 is 0 Å². The minimum atomic E-state index is -0.0348. The van der Waals surface area contributed by atoms with Gasteiger partial charge in [0.1, 0.15) is 6.54 Å². The first-order chi connectivity index (χ1) is 12.0. The predicted octanol–water partition coefficient (Wildman–Crippen LogP) is 2.93. The summed E-state index contributed by atoms with van der Waals surface area (Å²) in [7, 11) is 0. The van der Waals surface area contributed by atoms with Gasteiger partial charge in [0.2, 0.25) is 5.91 Å². The highest BCUT2D eigenvalue weighted by molar-refractivity contribution is 5.85. The number of aryl methyl sites for hydroxylation is 1. The Hall–Kier alpha value is -2.04. The molecule has 1 saturated carbocycles. The van der Waals surface area contributed by atoms with Gasteiger partial charge < -0.3 is 15.1 Å². The average molecular weight is 343 g/mol. The molecule has 2 aliphatic rings. The van der Waals surface area contributed by atoms with E-state index in [0.717, 1.165) is 12.0 Å². The molecule has 3 amide bonds. The Labute approximate surface area is 150 Å². The molecule has 1 N–H and O–H groups in total. The number of urea groups is 1. The van der Waals surface area contributed by atoms with Crippen LogP contribution in [0.25, 0.3) is 0 Å². The van der Waals surface area contributed by atoms with Gasteiger partial charge in [0.05, 0.1) is 0 Å². The third-order valence-corrected chi connectivity index (χ3v) is 5.47. The van der Waals surface area contributed by atoms with Gasteiger partial charge in [-0.05, 0) is 31.2 Å². The highest BCUT2D eigenvalue weighted by Crippen LogP contribution is 2.23. The van der Waals surface area contributed by atoms with Gasteiger partial charge in [-0.25, -0.2) is 4.79 Å². The predicted molar refractivity (Wildman–Crippen MR) is 98.1 cm³/mol. The number of nitrogens with zero attached hydrogens (tertiary/aromatic N) is 2. The molecule has 0 unspecified atom stereocenters. The van der Waals surface area contributed by atoms with Crippen molar-refractivity contribution in [3.8, 4) is 0 Å². The summed E-state index contributed by atoms with van der Waals surface area (Å²) in [6, 6.07) is 8.47. The van der Waals surface area contributed by atoms with Crippen molar-refractivity contribution in [2.24, 2.45) is 5.92 Å². The number of amides is 3. The van der Waals surface area contributed by atoms with Gasteiger partial charge in [-0.2, -0.15) is 0 Å². The minimum Gasteiger partial charge on any atom is -0.352 e. The summed E-state index contributed by atoms with van der Waals surface area (Å²) in [5.41, 5.74) is 2.34. The van der Waals surface area contributed by atoms with Crippen LogP contribution in [-0.4, -0.2) is 47.4 Å². The van der Waals surface area contributed by atoms with Gasteiger partial charge in [-0.1, -0.05) is 49.6 Å². The summed E-state index contributed by atoms with van der Waals surface area (Å²) < 4.78 is 0. The number of nitrogens with one attached hydrogen (secondary N) is 1. The van der Waals surface area contributed by atoms with E-state index in [1.807, 2.05) is 4.90 Å². The molecular formula is C20H29N3O2. The SMILES string of the molecule is Cc1ccc(CN2CCN(CC(=O)N[C@@H]3CCCC[C@@H]3C)C2=O)cc1. The zero-order valence-corrected chi connectivity index (χ0v) is 15.3. The van der Waals surface area contributed by atoms with Crippen LogP contribution in [0.15, 0.2) is 24.3 Å². The lowest BCUT2D eigenvalue weighted by atomic mass is 9.86. The number of benzene rings is 1. The van der Waals surface area contributed by atoms with Crippen molar-refractivity contribution in [3.63, 3.8) is 0 Å². The third-order valence-electron chi connectivity index (χ3n) is 5.47. The molecule has 1 aliphatic carbocycles. The van der Waals surface area contributed by atoms with Crippen molar-refractivity contribution in [2.75, 3.05) is 19.6 Å². The summed E-state index contributed by atoms with van der Waals surface area (Å²) in [6.45, 7) is 6.34. The first-order valence-electron chi connectivity index (χ1n) is 9.41. The third kappa shape index (κ3) is 4.53. The molecule has 1 aromatic carbocycles. The number of hydrogen-bond acceptors (Lipinski definition) is 2. The summed E-state index contributed by atoms with van der Waals surface area (Å²) in [4.78, 5) is 28.4. The fourth-order valence-corrected chi connectivity index (χ4v) is 3.80. The minimum absolute atomic E-state index is 0.0238. The van der Waals surface area contributed by atoms with Crippen molar-refractivity contribution in [3.05, 3.63) is 35.4 Å². The molecule has 0 aromatic heterocycles. The van der Waals surface area contributed by atoms with E-state index >= 15 is 0 Å². The zero-order chi connectivity index (χ0) is 17.8. The highest BCUT2D eigenvalue weighted by Gasteiger charge is 2.31. The fraction of sp³-hybridized carbons (Fsp3) is 0.600. The monoisotopic (exact) mass is 343 g/mol. The number of carbonyl (C=O) groups is 2. The van der Waals surface area contributed by atoms with Gasteiger partial charge in [0, 0.05) is 25.7 Å². The van der Waals surface area contributed by atoms with E-state index in [-0.39, 0.29) is 24.5 Å². The Morgan fingerprint density at radius 1 is 1.12 bits per heavy atom. The summed E-state index contributed by atoms with van der Waals surface area (Å²) in [6.07, 6.45) is 4.67. The van der Waals surface area contributed by atoms with E-state index in [1.165, 1.54) is 24.8 Å². The number of hydrogen-bond donors (Lipinski definition) is 1. The molecule has 3 rings (SSSR count). The van der Waals surface area contributed by atoms with Crippen molar-refractivity contribution in [1.82, 2.24) is 15.1 Å². The van der Waals surface area contributed by atoms with Crippen LogP contribution in [0.3, 0.4) is 0 Å². The quantitative estimate of drug-likeness (QED) is 0.894. The van der Waals surface area contributed by atoms with Crippen LogP contribution in [0.1, 0.15) is 43.7 Å². The fourth-order valence-electron chi connectivity index (χ4n) is 3.80. The maximum atomic E-state index is 12.5. The average Bonchev–Trinajstić information content (AvgIpc) is 2.92. The lowest BCUT2D eigenvalue weighted by Gasteiger charge is -2.30. The standard InChI is InChI=1S/C20H29N3O2/c1-15-7-9-17(10-8-15)13-22-11-12-23(20(22)25)14-19(24)21-18-6-4-3-5-16(18)2/h7-10,16,18H,3-6,11-14H2,1-2H3,(H,21,24)/t16-,18+/m0/s1. The molecule has 5 heteroatoms. The van der Waals surface area contributed by atoms with Crippen LogP contribution in [0.2, 0.25) is 0 Å².